The molecule has 18 heavy (non-hydrogen) atoms. The second-order valence-corrected chi connectivity index (χ2v) is 4.84. The van der Waals surface area contributed by atoms with Crippen LogP contribution >= 0.6 is 0 Å². The van der Waals surface area contributed by atoms with Gasteiger partial charge in [0.1, 0.15) is 11.8 Å². The summed E-state index contributed by atoms with van der Waals surface area (Å²) in [4.78, 5) is 21.4. The minimum Gasteiger partial charge on any atom is -0.481 e. The maximum atomic E-state index is 11.2. The van der Waals surface area contributed by atoms with E-state index in [1.54, 1.807) is 19.9 Å². The predicted molar refractivity (Wildman–Crippen MR) is 64.1 cm³/mol. The van der Waals surface area contributed by atoms with Gasteiger partial charge in [-0.05, 0) is 26.3 Å². The molecule has 0 saturated carbocycles. The minimum absolute atomic E-state index is 0.307. The van der Waals surface area contributed by atoms with Gasteiger partial charge in [-0.1, -0.05) is 0 Å². The molecule has 0 bridgehead atoms. The highest BCUT2D eigenvalue weighted by molar-refractivity contribution is 5.76. The highest BCUT2D eigenvalue weighted by Gasteiger charge is 2.41. The van der Waals surface area contributed by atoms with Crippen molar-refractivity contribution in [2.75, 3.05) is 18.0 Å². The number of hydrogen-bond donors (Lipinski definition) is 1. The van der Waals surface area contributed by atoms with Gasteiger partial charge in [0, 0.05) is 18.8 Å². The summed E-state index contributed by atoms with van der Waals surface area (Å²) in [5.41, 5.74) is 0.252. The summed E-state index contributed by atoms with van der Waals surface area (Å²) >= 11 is 0. The van der Waals surface area contributed by atoms with Crippen LogP contribution in [0.3, 0.4) is 0 Å². The number of aryl methyl sites for hydroxylation is 1. The molecule has 1 aromatic heterocycles. The van der Waals surface area contributed by atoms with Crippen molar-refractivity contribution in [2.24, 2.45) is 5.41 Å². The van der Waals surface area contributed by atoms with Gasteiger partial charge in [0.2, 0.25) is 5.95 Å². The molecule has 2 rings (SSSR count). The Kier molecular flexibility index (Phi) is 2.91. The van der Waals surface area contributed by atoms with Crippen molar-refractivity contribution in [3.05, 3.63) is 17.5 Å². The summed E-state index contributed by atoms with van der Waals surface area (Å²) < 4.78 is 0. The zero-order valence-corrected chi connectivity index (χ0v) is 10.3. The van der Waals surface area contributed by atoms with Crippen molar-refractivity contribution in [1.82, 2.24) is 9.97 Å². The highest BCUT2D eigenvalue weighted by Crippen LogP contribution is 2.32. The number of aliphatic carboxylic acids is 1. The van der Waals surface area contributed by atoms with E-state index in [-0.39, 0.29) is 0 Å². The Balaban J connectivity index is 2.27. The Bertz CT molecular complexity index is 537. The SMILES string of the molecule is Cc1cc(C#N)nc(N2CCC(C)(C(=O)O)C2)n1. The van der Waals surface area contributed by atoms with E-state index in [9.17, 15) is 9.90 Å². The molecule has 1 unspecified atom stereocenters. The van der Waals surface area contributed by atoms with Gasteiger partial charge >= 0.3 is 5.97 Å². The first-order valence-electron chi connectivity index (χ1n) is 5.69. The molecular formula is C12H14N4O2. The molecule has 1 atom stereocenters. The van der Waals surface area contributed by atoms with E-state index < -0.39 is 11.4 Å². The van der Waals surface area contributed by atoms with Gasteiger partial charge in [-0.2, -0.15) is 5.26 Å². The second kappa shape index (κ2) is 4.26. The summed E-state index contributed by atoms with van der Waals surface area (Å²) in [6.45, 7) is 4.47. The van der Waals surface area contributed by atoms with Gasteiger partial charge in [-0.25, -0.2) is 9.97 Å². The third kappa shape index (κ3) is 2.12. The average molecular weight is 246 g/mol. The van der Waals surface area contributed by atoms with Crippen LogP contribution in [0, 0.1) is 23.7 Å². The highest BCUT2D eigenvalue weighted by atomic mass is 16.4. The fourth-order valence-electron chi connectivity index (χ4n) is 2.06. The fraction of sp³-hybridized carbons (Fsp3) is 0.500. The third-order valence-corrected chi connectivity index (χ3v) is 3.23. The number of hydrogen-bond acceptors (Lipinski definition) is 5. The number of carboxylic acids is 1. The molecule has 0 radical (unpaired) electrons. The number of anilines is 1. The van der Waals surface area contributed by atoms with Crippen LogP contribution in [-0.2, 0) is 4.79 Å². The van der Waals surface area contributed by atoms with Crippen molar-refractivity contribution >= 4 is 11.9 Å². The zero-order valence-electron chi connectivity index (χ0n) is 10.3. The Morgan fingerprint density at radius 2 is 2.33 bits per heavy atom. The largest absolute Gasteiger partial charge is 0.481 e. The van der Waals surface area contributed by atoms with Crippen LogP contribution in [0.25, 0.3) is 0 Å². The fourth-order valence-corrected chi connectivity index (χ4v) is 2.06. The van der Waals surface area contributed by atoms with Crippen LogP contribution in [0.4, 0.5) is 5.95 Å². The first-order valence-corrected chi connectivity index (χ1v) is 5.69. The smallest absolute Gasteiger partial charge is 0.311 e. The monoisotopic (exact) mass is 246 g/mol. The Morgan fingerprint density at radius 1 is 1.61 bits per heavy atom. The molecule has 0 spiro atoms. The number of nitriles is 1. The molecule has 0 amide bonds. The Morgan fingerprint density at radius 3 is 2.89 bits per heavy atom. The van der Waals surface area contributed by atoms with E-state index in [1.165, 1.54) is 0 Å². The van der Waals surface area contributed by atoms with E-state index in [0.717, 1.165) is 0 Å². The first kappa shape index (κ1) is 12.3. The lowest BCUT2D eigenvalue weighted by Gasteiger charge is -2.20. The second-order valence-electron chi connectivity index (χ2n) is 4.84. The van der Waals surface area contributed by atoms with Crippen LogP contribution in [0.2, 0.25) is 0 Å². The van der Waals surface area contributed by atoms with E-state index in [2.05, 4.69) is 9.97 Å². The van der Waals surface area contributed by atoms with Crippen molar-refractivity contribution in [3.63, 3.8) is 0 Å². The Hall–Kier alpha value is -2.16. The number of aromatic nitrogens is 2. The van der Waals surface area contributed by atoms with Crippen molar-refractivity contribution in [2.45, 2.75) is 20.3 Å². The zero-order chi connectivity index (χ0) is 13.3. The lowest BCUT2D eigenvalue weighted by molar-refractivity contribution is -0.146. The van der Waals surface area contributed by atoms with Gasteiger partial charge in [-0.15, -0.1) is 0 Å². The van der Waals surface area contributed by atoms with E-state index in [1.807, 2.05) is 11.0 Å². The van der Waals surface area contributed by atoms with Crippen LogP contribution in [0.5, 0.6) is 0 Å². The number of nitrogens with zero attached hydrogens (tertiary/aromatic N) is 4. The molecule has 94 valence electrons. The summed E-state index contributed by atoms with van der Waals surface area (Å²) in [7, 11) is 0. The maximum absolute atomic E-state index is 11.2. The standard InChI is InChI=1S/C12H14N4O2/c1-8-5-9(6-13)15-11(14-8)16-4-3-12(2,7-16)10(17)18/h5H,3-4,7H2,1-2H3,(H,17,18). The maximum Gasteiger partial charge on any atom is 0.311 e. The molecule has 6 nitrogen and oxygen atoms in total. The molecular weight excluding hydrogens is 232 g/mol. The molecule has 0 aromatic carbocycles. The molecule has 1 aliphatic heterocycles. The summed E-state index contributed by atoms with van der Waals surface area (Å²) in [5, 5.41) is 18.0. The van der Waals surface area contributed by atoms with Gasteiger partial charge < -0.3 is 10.0 Å². The van der Waals surface area contributed by atoms with E-state index in [4.69, 9.17) is 5.26 Å². The third-order valence-electron chi connectivity index (χ3n) is 3.23. The lowest BCUT2D eigenvalue weighted by atomic mass is 9.90. The lowest BCUT2D eigenvalue weighted by Crippen LogP contribution is -2.32. The van der Waals surface area contributed by atoms with Crippen LogP contribution in [0.15, 0.2) is 6.07 Å². The van der Waals surface area contributed by atoms with E-state index >= 15 is 0 Å². The van der Waals surface area contributed by atoms with Gasteiger partial charge in [0.05, 0.1) is 5.41 Å². The Labute approximate surface area is 105 Å². The predicted octanol–water partition coefficient (Wildman–Crippen LogP) is 0.958. The normalized spacial score (nSPS) is 22.8. The quantitative estimate of drug-likeness (QED) is 0.835. The number of carboxylic acid groups (broad SMARTS) is 1. The van der Waals surface area contributed by atoms with Crippen molar-refractivity contribution in [1.29, 1.82) is 5.26 Å². The molecule has 1 aliphatic rings. The van der Waals surface area contributed by atoms with Crippen molar-refractivity contribution < 1.29 is 9.90 Å². The van der Waals surface area contributed by atoms with E-state index in [0.29, 0.717) is 36.8 Å². The van der Waals surface area contributed by atoms with Crippen LogP contribution in [0.1, 0.15) is 24.7 Å². The molecule has 1 N–H and O–H groups in total. The number of carbonyl (C=O) groups is 1. The first-order chi connectivity index (χ1) is 8.44. The average Bonchev–Trinajstić information content (AvgIpc) is 2.72. The van der Waals surface area contributed by atoms with Gasteiger partial charge in [0.15, 0.2) is 0 Å². The molecule has 1 fully saturated rings. The number of rotatable bonds is 2. The van der Waals surface area contributed by atoms with Crippen LogP contribution in [-0.4, -0.2) is 34.1 Å². The molecule has 0 aliphatic carbocycles. The summed E-state index contributed by atoms with van der Waals surface area (Å²) in [6.07, 6.45) is 0.557. The van der Waals surface area contributed by atoms with Gasteiger partial charge in [-0.3, -0.25) is 4.79 Å². The van der Waals surface area contributed by atoms with Gasteiger partial charge in [0.25, 0.3) is 0 Å². The van der Waals surface area contributed by atoms with Crippen LogP contribution < -0.4 is 4.90 Å². The molecule has 1 saturated heterocycles. The summed E-state index contributed by atoms with van der Waals surface area (Å²) in [5.74, 6) is -0.366. The molecule has 1 aromatic rings. The summed E-state index contributed by atoms with van der Waals surface area (Å²) in [6, 6.07) is 3.59. The molecule has 6 heteroatoms. The topological polar surface area (TPSA) is 90.1 Å². The molecule has 2 heterocycles. The minimum atomic E-state index is -0.807. The van der Waals surface area contributed by atoms with Crippen molar-refractivity contribution in [3.8, 4) is 6.07 Å².